The van der Waals surface area contributed by atoms with Gasteiger partial charge in [0.1, 0.15) is 17.1 Å². The Hall–Kier alpha value is -4.20. The molecule has 0 fully saturated rings. The van der Waals surface area contributed by atoms with Gasteiger partial charge in [0.05, 0.1) is 18.7 Å². The number of rotatable bonds is 7. The first kappa shape index (κ1) is 20.1. The Morgan fingerprint density at radius 1 is 1.00 bits per heavy atom. The molecule has 0 radical (unpaired) electrons. The molecule has 2 aromatic heterocycles. The number of amides is 2. The van der Waals surface area contributed by atoms with Gasteiger partial charge in [-0.3, -0.25) is 9.59 Å². The molecule has 2 heterocycles. The molecular weight excluding hydrogens is 397 g/mol. The van der Waals surface area contributed by atoms with Gasteiger partial charge < -0.3 is 15.6 Å². The predicted octanol–water partition coefficient (Wildman–Crippen LogP) is 3.15. The fourth-order valence-corrected chi connectivity index (χ4v) is 3.40. The van der Waals surface area contributed by atoms with E-state index >= 15 is 0 Å². The maximum atomic E-state index is 14.5. The number of benzene rings is 2. The van der Waals surface area contributed by atoms with Gasteiger partial charge in [-0.2, -0.15) is 5.10 Å². The molecule has 0 unspecified atom stereocenters. The molecule has 0 bridgehead atoms. The molecule has 4 aromatic rings. The van der Waals surface area contributed by atoms with E-state index in [1.807, 2.05) is 30.3 Å². The Morgan fingerprint density at radius 3 is 2.35 bits per heavy atom. The van der Waals surface area contributed by atoms with Crippen molar-refractivity contribution in [2.45, 2.75) is 12.5 Å². The van der Waals surface area contributed by atoms with Gasteiger partial charge >= 0.3 is 0 Å². The summed E-state index contributed by atoms with van der Waals surface area (Å²) in [5.41, 5.74) is 6.58. The second-order valence-electron chi connectivity index (χ2n) is 6.94. The van der Waals surface area contributed by atoms with E-state index in [1.165, 1.54) is 16.9 Å². The van der Waals surface area contributed by atoms with Crippen LogP contribution in [-0.4, -0.2) is 26.2 Å². The van der Waals surface area contributed by atoms with E-state index < -0.39 is 23.7 Å². The summed E-state index contributed by atoms with van der Waals surface area (Å²) in [6, 6.07) is 18.2. The fourth-order valence-electron chi connectivity index (χ4n) is 3.40. The summed E-state index contributed by atoms with van der Waals surface area (Å²) < 4.78 is 17.5. The van der Waals surface area contributed by atoms with Crippen molar-refractivity contribution in [3.63, 3.8) is 0 Å². The van der Waals surface area contributed by atoms with E-state index in [0.29, 0.717) is 5.82 Å². The third-order valence-corrected chi connectivity index (χ3v) is 4.83. The third kappa shape index (κ3) is 4.23. The van der Waals surface area contributed by atoms with Crippen LogP contribution in [0.2, 0.25) is 0 Å². The van der Waals surface area contributed by atoms with Gasteiger partial charge in [0, 0.05) is 12.4 Å². The summed E-state index contributed by atoms with van der Waals surface area (Å²) in [5.74, 6) is -1.09. The van der Waals surface area contributed by atoms with Gasteiger partial charge in [-0.15, -0.1) is 0 Å². The molecule has 0 spiro atoms. The first-order valence-corrected chi connectivity index (χ1v) is 9.65. The lowest BCUT2D eigenvalue weighted by Crippen LogP contribution is -2.32. The molecule has 4 rings (SSSR count). The summed E-state index contributed by atoms with van der Waals surface area (Å²) in [6.07, 6.45) is 4.80. The van der Waals surface area contributed by atoms with E-state index in [0.717, 1.165) is 5.56 Å². The summed E-state index contributed by atoms with van der Waals surface area (Å²) in [7, 11) is 0. The van der Waals surface area contributed by atoms with Crippen LogP contribution in [0, 0.1) is 5.82 Å². The van der Waals surface area contributed by atoms with Crippen LogP contribution in [0.25, 0.3) is 11.5 Å². The molecule has 2 aromatic carbocycles. The van der Waals surface area contributed by atoms with Gasteiger partial charge in [0.2, 0.25) is 5.91 Å². The van der Waals surface area contributed by atoms with Crippen LogP contribution in [0.5, 0.6) is 0 Å². The summed E-state index contributed by atoms with van der Waals surface area (Å²) in [4.78, 5) is 24.8. The molecule has 8 heteroatoms. The van der Waals surface area contributed by atoms with Crippen LogP contribution in [0.3, 0.4) is 0 Å². The number of aromatic nitrogens is 3. The van der Waals surface area contributed by atoms with Crippen LogP contribution in [0.1, 0.15) is 28.4 Å². The Balaban J connectivity index is 1.74. The average Bonchev–Trinajstić information content (AvgIpc) is 3.43. The van der Waals surface area contributed by atoms with Crippen molar-refractivity contribution in [3.8, 4) is 11.5 Å². The highest BCUT2D eigenvalue weighted by atomic mass is 19.1. The average molecular weight is 417 g/mol. The van der Waals surface area contributed by atoms with E-state index in [4.69, 9.17) is 5.73 Å². The molecule has 156 valence electrons. The van der Waals surface area contributed by atoms with E-state index in [1.54, 1.807) is 47.3 Å². The Kier molecular flexibility index (Phi) is 5.61. The SMILES string of the molecule is NC(=O)C[C@@H](NC(=O)c1cnn(-c2ccccc2F)c1-n1cccc1)c1ccccc1. The van der Waals surface area contributed by atoms with Crippen LogP contribution in [-0.2, 0) is 4.79 Å². The monoisotopic (exact) mass is 417 g/mol. The van der Waals surface area contributed by atoms with Gasteiger partial charge in [-0.1, -0.05) is 42.5 Å². The maximum Gasteiger partial charge on any atom is 0.257 e. The van der Waals surface area contributed by atoms with Crippen molar-refractivity contribution in [2.75, 3.05) is 0 Å². The van der Waals surface area contributed by atoms with Crippen LogP contribution in [0.15, 0.2) is 85.3 Å². The van der Waals surface area contributed by atoms with E-state index in [2.05, 4.69) is 10.4 Å². The molecule has 0 aliphatic carbocycles. The zero-order chi connectivity index (χ0) is 21.8. The first-order chi connectivity index (χ1) is 15.0. The Bertz CT molecular complexity index is 1200. The van der Waals surface area contributed by atoms with E-state index in [9.17, 15) is 14.0 Å². The molecule has 0 saturated heterocycles. The zero-order valence-corrected chi connectivity index (χ0v) is 16.5. The lowest BCUT2D eigenvalue weighted by Gasteiger charge is -2.18. The molecule has 1 atom stereocenters. The highest BCUT2D eigenvalue weighted by molar-refractivity contribution is 5.97. The summed E-state index contributed by atoms with van der Waals surface area (Å²) >= 11 is 0. The van der Waals surface area contributed by atoms with Gasteiger partial charge in [-0.25, -0.2) is 9.07 Å². The van der Waals surface area contributed by atoms with Crippen molar-refractivity contribution in [1.29, 1.82) is 0 Å². The Morgan fingerprint density at radius 2 is 1.68 bits per heavy atom. The minimum Gasteiger partial charge on any atom is -0.370 e. The standard InChI is InChI=1S/C23H20FN5O2/c24-18-10-4-5-11-20(18)29-23(28-12-6-7-13-28)17(15-26-29)22(31)27-19(14-21(25)30)16-8-2-1-3-9-16/h1-13,15,19H,14H2,(H2,25,30)(H,27,31)/t19-/m1/s1. The quantitative estimate of drug-likeness (QED) is 0.484. The van der Waals surface area contributed by atoms with E-state index in [-0.39, 0.29) is 17.7 Å². The molecule has 7 nitrogen and oxygen atoms in total. The molecule has 2 amide bonds. The van der Waals surface area contributed by atoms with Crippen LogP contribution < -0.4 is 11.1 Å². The number of carbonyl (C=O) groups excluding carboxylic acids is 2. The second-order valence-corrected chi connectivity index (χ2v) is 6.94. The number of nitrogens with zero attached hydrogens (tertiary/aromatic N) is 3. The molecular formula is C23H20FN5O2. The number of nitrogens with one attached hydrogen (secondary N) is 1. The summed E-state index contributed by atoms with van der Waals surface area (Å²) in [5, 5.41) is 7.13. The lowest BCUT2D eigenvalue weighted by atomic mass is 10.0. The van der Waals surface area contributed by atoms with Gasteiger partial charge in [0.15, 0.2) is 5.82 Å². The number of hydrogen-bond acceptors (Lipinski definition) is 3. The smallest absolute Gasteiger partial charge is 0.257 e. The Labute approximate surface area is 177 Å². The molecule has 0 saturated carbocycles. The molecule has 3 N–H and O–H groups in total. The number of nitrogens with two attached hydrogens (primary N) is 1. The van der Waals surface area contributed by atoms with Crippen LogP contribution >= 0.6 is 0 Å². The number of hydrogen-bond donors (Lipinski definition) is 2. The summed E-state index contributed by atoms with van der Waals surface area (Å²) in [6.45, 7) is 0. The predicted molar refractivity (Wildman–Crippen MR) is 113 cm³/mol. The van der Waals surface area contributed by atoms with Crippen molar-refractivity contribution in [3.05, 3.63) is 102 Å². The largest absolute Gasteiger partial charge is 0.370 e. The third-order valence-electron chi connectivity index (χ3n) is 4.83. The normalized spacial score (nSPS) is 11.8. The van der Waals surface area contributed by atoms with Crippen molar-refractivity contribution < 1.29 is 14.0 Å². The topological polar surface area (TPSA) is 94.9 Å². The minimum atomic E-state index is -0.611. The zero-order valence-electron chi connectivity index (χ0n) is 16.5. The molecule has 31 heavy (non-hydrogen) atoms. The lowest BCUT2D eigenvalue weighted by molar-refractivity contribution is -0.118. The van der Waals surface area contributed by atoms with Crippen molar-refractivity contribution in [1.82, 2.24) is 19.7 Å². The number of halogens is 1. The second kappa shape index (κ2) is 8.66. The van der Waals surface area contributed by atoms with Crippen molar-refractivity contribution >= 4 is 11.8 Å². The van der Waals surface area contributed by atoms with Crippen LogP contribution in [0.4, 0.5) is 4.39 Å². The highest BCUT2D eigenvalue weighted by Crippen LogP contribution is 2.23. The number of para-hydroxylation sites is 1. The van der Waals surface area contributed by atoms with Gasteiger partial charge in [0.25, 0.3) is 5.91 Å². The highest BCUT2D eigenvalue weighted by Gasteiger charge is 2.24. The molecule has 0 aliphatic heterocycles. The number of primary amides is 1. The first-order valence-electron chi connectivity index (χ1n) is 9.65. The fraction of sp³-hybridized carbons (Fsp3) is 0.0870. The minimum absolute atomic E-state index is 0.0595. The molecule has 0 aliphatic rings. The van der Waals surface area contributed by atoms with Crippen molar-refractivity contribution in [2.24, 2.45) is 5.73 Å². The van der Waals surface area contributed by atoms with Gasteiger partial charge in [-0.05, 0) is 29.8 Å². The maximum absolute atomic E-state index is 14.5. The number of carbonyl (C=O) groups is 2.